The molecule has 0 aromatic heterocycles. The van der Waals surface area contributed by atoms with Crippen molar-refractivity contribution in [2.24, 2.45) is 16.7 Å². The van der Waals surface area contributed by atoms with Gasteiger partial charge in [0, 0.05) is 25.2 Å². The molecule has 2 aromatic rings. The summed E-state index contributed by atoms with van der Waals surface area (Å²) in [6, 6.07) is 16.1. The minimum absolute atomic E-state index is 0.132. The molecular weight excluding hydrogens is 608 g/mol. The zero-order chi connectivity index (χ0) is 34.1. The Morgan fingerprint density at radius 3 is 1.96 bits per heavy atom. The van der Waals surface area contributed by atoms with Gasteiger partial charge in [-0.15, -0.1) is 0 Å². The highest BCUT2D eigenvalue weighted by atomic mass is 16.6. The van der Waals surface area contributed by atoms with Crippen molar-refractivity contribution < 1.29 is 53.4 Å². The van der Waals surface area contributed by atoms with Crippen LogP contribution in [0.25, 0.3) is 0 Å². The number of rotatable bonds is 5. The summed E-state index contributed by atoms with van der Waals surface area (Å²) in [6.07, 6.45) is -7.52. The molecule has 1 heterocycles. The Morgan fingerprint density at radius 1 is 0.894 bits per heavy atom. The predicted octanol–water partition coefficient (Wildman–Crippen LogP) is 2.95. The summed E-state index contributed by atoms with van der Waals surface area (Å²) in [6.45, 7) is 7.30. The van der Waals surface area contributed by atoms with E-state index in [1.807, 2.05) is 0 Å². The van der Waals surface area contributed by atoms with E-state index in [0.29, 0.717) is 5.57 Å². The molecule has 1 saturated heterocycles. The fourth-order valence-corrected chi connectivity index (χ4v) is 8.49. The molecule has 3 fully saturated rings. The Balaban J connectivity index is 1.62. The lowest BCUT2D eigenvalue weighted by Crippen LogP contribution is -2.81. The molecule has 6 rings (SSSR count). The number of fused-ring (bicyclic) bond motifs is 5. The fraction of sp³-hybridized carbons (Fsp3) is 0.500. The molecule has 2 aromatic carbocycles. The van der Waals surface area contributed by atoms with Crippen LogP contribution in [0.5, 0.6) is 0 Å². The second-order valence-electron chi connectivity index (χ2n) is 13.9. The average Bonchev–Trinajstić information content (AvgIpc) is 3.03. The van der Waals surface area contributed by atoms with Crippen LogP contribution in [0, 0.1) is 16.7 Å². The lowest BCUT2D eigenvalue weighted by Gasteiger charge is -2.67. The van der Waals surface area contributed by atoms with Gasteiger partial charge in [-0.05, 0) is 49.3 Å². The summed E-state index contributed by atoms with van der Waals surface area (Å²) in [5.41, 5.74) is -6.45. The number of Topliss-reactive ketones (excluding diaryl/α,β-unsaturated/α-hetero) is 1. The molecular formula is C36H40O11. The number of hydrogen-bond acceptors (Lipinski definition) is 11. The molecule has 11 nitrogen and oxygen atoms in total. The average molecular weight is 649 g/mol. The molecule has 0 amide bonds. The summed E-state index contributed by atoms with van der Waals surface area (Å²) in [5.74, 6) is -4.54. The van der Waals surface area contributed by atoms with Crippen LogP contribution in [0.4, 0.5) is 0 Å². The van der Waals surface area contributed by atoms with E-state index in [1.165, 1.54) is 38.1 Å². The van der Waals surface area contributed by atoms with Crippen LogP contribution in [-0.2, 0) is 28.5 Å². The SMILES string of the molecule is CC(=O)O[C@@]12CO[C@@H]1C[C@H](O)[C@@]1(C)C(=O)[C@H](OC(=O)c3ccccc3)C3=C(C)[C@@H](O)C[C@@](O)([C@@H](OC(=O)c4ccccc4)[C@H]21)C3(C)C. The second kappa shape index (κ2) is 11.4. The van der Waals surface area contributed by atoms with E-state index in [0.717, 1.165) is 0 Å². The van der Waals surface area contributed by atoms with E-state index in [1.54, 1.807) is 57.2 Å². The lowest BCUT2D eigenvalue weighted by atomic mass is 9.44. The summed E-state index contributed by atoms with van der Waals surface area (Å²) < 4.78 is 24.1. The quantitative estimate of drug-likeness (QED) is 0.248. The van der Waals surface area contributed by atoms with Crippen LogP contribution in [0.15, 0.2) is 71.8 Å². The van der Waals surface area contributed by atoms with Gasteiger partial charge in [-0.2, -0.15) is 0 Å². The summed E-state index contributed by atoms with van der Waals surface area (Å²) in [5, 5.41) is 36.5. The van der Waals surface area contributed by atoms with Crippen LogP contribution in [0.3, 0.4) is 0 Å². The molecule has 4 aliphatic rings. The number of ether oxygens (including phenoxy) is 4. The van der Waals surface area contributed by atoms with Gasteiger partial charge in [0.15, 0.2) is 17.5 Å². The van der Waals surface area contributed by atoms with Crippen molar-refractivity contribution in [3.05, 3.63) is 82.9 Å². The van der Waals surface area contributed by atoms with Gasteiger partial charge in [0.1, 0.15) is 17.8 Å². The number of aliphatic hydroxyl groups excluding tert-OH is 2. The lowest BCUT2D eigenvalue weighted by molar-refractivity contribution is -0.345. The highest BCUT2D eigenvalue weighted by Crippen LogP contribution is 2.64. The normalized spacial score (nSPS) is 37.2. The fourth-order valence-electron chi connectivity index (χ4n) is 8.49. The van der Waals surface area contributed by atoms with Gasteiger partial charge >= 0.3 is 17.9 Å². The Kier molecular flexibility index (Phi) is 7.98. The van der Waals surface area contributed by atoms with Crippen LogP contribution in [-0.4, -0.2) is 87.3 Å². The molecule has 2 saturated carbocycles. The van der Waals surface area contributed by atoms with Crippen molar-refractivity contribution in [1.82, 2.24) is 0 Å². The number of hydrogen-bond donors (Lipinski definition) is 3. The van der Waals surface area contributed by atoms with Crippen molar-refractivity contribution in [1.29, 1.82) is 0 Å². The molecule has 9 atom stereocenters. The van der Waals surface area contributed by atoms with E-state index >= 15 is 4.79 Å². The zero-order valence-corrected chi connectivity index (χ0v) is 27.0. The molecule has 47 heavy (non-hydrogen) atoms. The molecule has 0 spiro atoms. The minimum atomic E-state index is -2.15. The Bertz CT molecular complexity index is 1630. The van der Waals surface area contributed by atoms with Gasteiger partial charge in [-0.25, -0.2) is 9.59 Å². The maximum Gasteiger partial charge on any atom is 0.339 e. The van der Waals surface area contributed by atoms with E-state index in [2.05, 4.69) is 0 Å². The standard InChI is InChI=1S/C36H40O11/c1-19-23(38)17-36(43)30(46-32(42)22-14-10-7-11-15-22)28-34(5,24(39)16-25-35(28,18-44-25)47-20(2)37)29(40)27(26(19)33(36,3)4)45-31(41)21-12-8-6-9-13-21/h6-15,23-25,27-28,30,38-39,43H,16-18H2,1-5H3/t23-,24-,25+,27+,28-,30-,34+,35-,36+/m0/s1. The number of benzene rings is 2. The summed E-state index contributed by atoms with van der Waals surface area (Å²) >= 11 is 0. The number of esters is 3. The molecule has 1 aliphatic heterocycles. The maximum atomic E-state index is 15.2. The molecule has 3 N–H and O–H groups in total. The summed E-state index contributed by atoms with van der Waals surface area (Å²) in [4.78, 5) is 55.4. The predicted molar refractivity (Wildman–Crippen MR) is 165 cm³/mol. The van der Waals surface area contributed by atoms with E-state index in [-0.39, 0.29) is 36.1 Å². The highest BCUT2D eigenvalue weighted by molar-refractivity contribution is 5.98. The first-order valence-electron chi connectivity index (χ1n) is 15.8. The van der Waals surface area contributed by atoms with E-state index in [9.17, 15) is 29.7 Å². The molecule has 3 aliphatic carbocycles. The van der Waals surface area contributed by atoms with Gasteiger partial charge in [0.2, 0.25) is 0 Å². The summed E-state index contributed by atoms with van der Waals surface area (Å²) in [7, 11) is 0. The minimum Gasteiger partial charge on any atom is -0.455 e. The van der Waals surface area contributed by atoms with Gasteiger partial charge in [-0.1, -0.05) is 50.2 Å². The van der Waals surface area contributed by atoms with Crippen molar-refractivity contribution in [2.45, 2.75) is 89.2 Å². The maximum absolute atomic E-state index is 15.2. The number of carbonyl (C=O) groups excluding carboxylic acids is 4. The Morgan fingerprint density at radius 2 is 1.45 bits per heavy atom. The monoisotopic (exact) mass is 648 g/mol. The molecule has 0 radical (unpaired) electrons. The zero-order valence-electron chi connectivity index (χ0n) is 27.0. The number of carbonyl (C=O) groups is 4. The smallest absolute Gasteiger partial charge is 0.339 e. The van der Waals surface area contributed by atoms with Crippen molar-refractivity contribution in [2.75, 3.05) is 6.61 Å². The molecule has 11 heteroatoms. The Hall–Kier alpha value is -3.90. The molecule has 2 bridgehead atoms. The largest absolute Gasteiger partial charge is 0.455 e. The van der Waals surface area contributed by atoms with Crippen molar-refractivity contribution in [3.8, 4) is 0 Å². The van der Waals surface area contributed by atoms with Gasteiger partial charge in [0.25, 0.3) is 0 Å². The van der Waals surface area contributed by atoms with Gasteiger partial charge in [-0.3, -0.25) is 9.59 Å². The van der Waals surface area contributed by atoms with E-state index < -0.39 is 82.2 Å². The third kappa shape index (κ3) is 4.77. The Labute approximate surface area is 272 Å². The first-order valence-corrected chi connectivity index (χ1v) is 15.8. The van der Waals surface area contributed by atoms with Crippen molar-refractivity contribution >= 4 is 23.7 Å². The van der Waals surface area contributed by atoms with Crippen LogP contribution >= 0.6 is 0 Å². The van der Waals surface area contributed by atoms with Crippen LogP contribution in [0.1, 0.15) is 68.2 Å². The van der Waals surface area contributed by atoms with Gasteiger partial charge in [0.05, 0.1) is 41.3 Å². The number of aliphatic hydroxyl groups is 3. The van der Waals surface area contributed by atoms with Crippen molar-refractivity contribution in [3.63, 3.8) is 0 Å². The molecule has 250 valence electrons. The second-order valence-corrected chi connectivity index (χ2v) is 13.9. The van der Waals surface area contributed by atoms with E-state index in [4.69, 9.17) is 18.9 Å². The number of ketones is 1. The third-order valence-electron chi connectivity index (χ3n) is 11.2. The first kappa shape index (κ1) is 33.0. The highest BCUT2D eigenvalue weighted by Gasteiger charge is 2.78. The topological polar surface area (TPSA) is 166 Å². The van der Waals surface area contributed by atoms with Crippen LogP contribution in [0.2, 0.25) is 0 Å². The van der Waals surface area contributed by atoms with Gasteiger partial charge < -0.3 is 34.3 Å². The van der Waals surface area contributed by atoms with Crippen LogP contribution < -0.4 is 0 Å². The molecule has 0 unspecified atom stereocenters. The third-order valence-corrected chi connectivity index (χ3v) is 11.2. The first-order chi connectivity index (χ1) is 22.1.